The van der Waals surface area contributed by atoms with Crippen molar-refractivity contribution in [2.45, 2.75) is 50.8 Å². The lowest BCUT2D eigenvalue weighted by Gasteiger charge is -2.32. The van der Waals surface area contributed by atoms with E-state index in [9.17, 15) is 30.7 Å². The van der Waals surface area contributed by atoms with Gasteiger partial charge in [0.25, 0.3) is 0 Å². The van der Waals surface area contributed by atoms with E-state index in [-0.39, 0.29) is 12.3 Å². The van der Waals surface area contributed by atoms with Crippen molar-refractivity contribution in [3.63, 3.8) is 0 Å². The Morgan fingerprint density at radius 3 is 1.59 bits per heavy atom. The van der Waals surface area contributed by atoms with Gasteiger partial charge < -0.3 is 5.73 Å². The van der Waals surface area contributed by atoms with Crippen molar-refractivity contribution in [3.05, 3.63) is 0 Å². The van der Waals surface area contributed by atoms with Gasteiger partial charge in [0.15, 0.2) is 0 Å². The van der Waals surface area contributed by atoms with Gasteiger partial charge in [0, 0.05) is 0 Å². The second kappa shape index (κ2) is 4.99. The lowest BCUT2D eigenvalue weighted by Crippen LogP contribution is -2.60. The minimum absolute atomic E-state index is 0.0463. The Morgan fingerprint density at radius 2 is 1.29 bits per heavy atom. The standard InChI is InChI=1S/C9H14F7N/c1-5(2)3-4-6(17)7(10,11)8(12,13)9(14,15)16/h5-6H,3-4,17H2,1-2H3/t6-/m0/s1. The van der Waals surface area contributed by atoms with Crippen LogP contribution in [0.15, 0.2) is 0 Å². The monoisotopic (exact) mass is 269 g/mol. The van der Waals surface area contributed by atoms with Crippen LogP contribution in [0.1, 0.15) is 26.7 Å². The fourth-order valence-corrected chi connectivity index (χ4v) is 1.12. The number of halogens is 7. The summed E-state index contributed by atoms with van der Waals surface area (Å²) in [6.45, 7) is 3.24. The average Bonchev–Trinajstić information content (AvgIpc) is 2.11. The summed E-state index contributed by atoms with van der Waals surface area (Å²) in [4.78, 5) is 0. The van der Waals surface area contributed by atoms with E-state index in [0.717, 1.165) is 0 Å². The van der Waals surface area contributed by atoms with Crippen molar-refractivity contribution in [2.75, 3.05) is 0 Å². The molecule has 0 aromatic rings. The van der Waals surface area contributed by atoms with Crippen LogP contribution in [0.3, 0.4) is 0 Å². The molecule has 8 heteroatoms. The summed E-state index contributed by atoms with van der Waals surface area (Å²) in [5.74, 6) is -11.5. The molecule has 0 aliphatic carbocycles. The van der Waals surface area contributed by atoms with Crippen LogP contribution in [0.5, 0.6) is 0 Å². The highest BCUT2D eigenvalue weighted by Crippen LogP contribution is 2.48. The molecule has 0 aromatic carbocycles. The van der Waals surface area contributed by atoms with Crippen LogP contribution in [0.4, 0.5) is 30.7 Å². The van der Waals surface area contributed by atoms with Crippen LogP contribution in [0.2, 0.25) is 0 Å². The second-order valence-corrected chi connectivity index (χ2v) is 4.27. The van der Waals surface area contributed by atoms with E-state index in [0.29, 0.717) is 0 Å². The number of alkyl halides is 7. The third-order valence-corrected chi connectivity index (χ3v) is 2.30. The fourth-order valence-electron chi connectivity index (χ4n) is 1.12. The SMILES string of the molecule is CC(C)CC[C@H](N)C(F)(F)C(F)(F)C(F)(F)F. The highest BCUT2D eigenvalue weighted by Gasteiger charge is 2.74. The number of hydrogen-bond acceptors (Lipinski definition) is 1. The van der Waals surface area contributed by atoms with Gasteiger partial charge in [-0.1, -0.05) is 13.8 Å². The molecule has 0 aromatic heterocycles. The number of nitrogens with two attached hydrogens (primary N) is 1. The smallest absolute Gasteiger partial charge is 0.322 e. The molecule has 0 spiro atoms. The molecule has 0 bridgehead atoms. The first-order valence-electron chi connectivity index (χ1n) is 4.92. The van der Waals surface area contributed by atoms with Crippen molar-refractivity contribution in [2.24, 2.45) is 11.7 Å². The van der Waals surface area contributed by atoms with Crippen LogP contribution in [0.25, 0.3) is 0 Å². The van der Waals surface area contributed by atoms with Crippen molar-refractivity contribution >= 4 is 0 Å². The van der Waals surface area contributed by atoms with E-state index >= 15 is 0 Å². The zero-order valence-corrected chi connectivity index (χ0v) is 9.29. The highest BCUT2D eigenvalue weighted by atomic mass is 19.4. The highest BCUT2D eigenvalue weighted by molar-refractivity contribution is 4.97. The largest absolute Gasteiger partial charge is 0.459 e. The zero-order chi connectivity index (χ0) is 14.1. The summed E-state index contributed by atoms with van der Waals surface area (Å²) in [7, 11) is 0. The van der Waals surface area contributed by atoms with Crippen molar-refractivity contribution < 1.29 is 30.7 Å². The van der Waals surface area contributed by atoms with Gasteiger partial charge in [0.05, 0.1) is 6.04 Å². The Morgan fingerprint density at radius 1 is 0.882 bits per heavy atom. The van der Waals surface area contributed by atoms with Gasteiger partial charge >= 0.3 is 18.0 Å². The second-order valence-electron chi connectivity index (χ2n) is 4.27. The zero-order valence-electron chi connectivity index (χ0n) is 9.29. The summed E-state index contributed by atoms with van der Waals surface area (Å²) in [5.41, 5.74) is 4.75. The predicted molar refractivity (Wildman–Crippen MR) is 48.0 cm³/mol. The Kier molecular flexibility index (Phi) is 4.84. The van der Waals surface area contributed by atoms with Gasteiger partial charge in [-0.25, -0.2) is 0 Å². The molecule has 0 aliphatic rings. The number of rotatable bonds is 5. The number of hydrogen-bond donors (Lipinski definition) is 1. The molecule has 104 valence electrons. The molecule has 0 heterocycles. The summed E-state index contributed by atoms with van der Waals surface area (Å²) in [6, 6.07) is -2.53. The molecular formula is C9H14F7N. The van der Waals surface area contributed by atoms with Gasteiger partial charge in [-0.05, 0) is 18.8 Å². The molecule has 0 unspecified atom stereocenters. The average molecular weight is 269 g/mol. The molecule has 2 N–H and O–H groups in total. The summed E-state index contributed by atoms with van der Waals surface area (Å²) in [5, 5.41) is 0. The molecule has 0 saturated heterocycles. The molecule has 0 saturated carbocycles. The van der Waals surface area contributed by atoms with Crippen LogP contribution in [0, 0.1) is 5.92 Å². The Bertz CT molecular complexity index is 246. The molecule has 0 fully saturated rings. The Labute approximate surface area is 94.2 Å². The molecule has 17 heavy (non-hydrogen) atoms. The van der Waals surface area contributed by atoms with Crippen LogP contribution >= 0.6 is 0 Å². The third-order valence-electron chi connectivity index (χ3n) is 2.30. The predicted octanol–water partition coefficient (Wildman–Crippen LogP) is 3.58. The van der Waals surface area contributed by atoms with E-state index in [4.69, 9.17) is 5.73 Å². The van der Waals surface area contributed by atoms with Crippen LogP contribution in [-0.4, -0.2) is 24.1 Å². The normalized spacial score (nSPS) is 16.4. The van der Waals surface area contributed by atoms with E-state index < -0.39 is 30.5 Å². The van der Waals surface area contributed by atoms with Gasteiger partial charge in [0.2, 0.25) is 0 Å². The first-order valence-corrected chi connectivity index (χ1v) is 4.92. The summed E-state index contributed by atoms with van der Waals surface area (Å²) >= 11 is 0. The minimum atomic E-state index is -6.31. The maximum atomic E-state index is 12.9. The van der Waals surface area contributed by atoms with E-state index in [1.54, 1.807) is 13.8 Å². The molecule has 0 aliphatic heterocycles. The Balaban J connectivity index is 4.87. The topological polar surface area (TPSA) is 26.0 Å². The third kappa shape index (κ3) is 3.46. The van der Waals surface area contributed by atoms with Crippen LogP contribution < -0.4 is 5.73 Å². The van der Waals surface area contributed by atoms with Gasteiger partial charge in [-0.15, -0.1) is 0 Å². The van der Waals surface area contributed by atoms with E-state index in [1.807, 2.05) is 0 Å². The maximum absolute atomic E-state index is 12.9. The lowest BCUT2D eigenvalue weighted by atomic mass is 9.95. The summed E-state index contributed by atoms with van der Waals surface area (Å²) in [6.07, 6.45) is -6.87. The summed E-state index contributed by atoms with van der Waals surface area (Å²) < 4.78 is 86.4. The van der Waals surface area contributed by atoms with Crippen LogP contribution in [-0.2, 0) is 0 Å². The lowest BCUT2D eigenvalue weighted by molar-refractivity contribution is -0.358. The molecular weight excluding hydrogens is 255 g/mol. The van der Waals surface area contributed by atoms with Crippen molar-refractivity contribution in [3.8, 4) is 0 Å². The quantitative estimate of drug-likeness (QED) is 0.758. The Hall–Kier alpha value is -0.530. The fraction of sp³-hybridized carbons (Fsp3) is 1.00. The van der Waals surface area contributed by atoms with E-state index in [2.05, 4.69) is 0 Å². The van der Waals surface area contributed by atoms with Crippen molar-refractivity contribution in [1.29, 1.82) is 0 Å². The van der Waals surface area contributed by atoms with Gasteiger partial charge in [0.1, 0.15) is 0 Å². The minimum Gasteiger partial charge on any atom is -0.322 e. The molecule has 0 rings (SSSR count). The van der Waals surface area contributed by atoms with E-state index in [1.165, 1.54) is 0 Å². The van der Waals surface area contributed by atoms with Crippen molar-refractivity contribution in [1.82, 2.24) is 0 Å². The first kappa shape index (κ1) is 16.5. The molecule has 1 nitrogen and oxygen atoms in total. The van der Waals surface area contributed by atoms with Gasteiger partial charge in [-0.2, -0.15) is 30.7 Å². The maximum Gasteiger partial charge on any atom is 0.459 e. The van der Waals surface area contributed by atoms with Gasteiger partial charge in [-0.3, -0.25) is 0 Å². The molecule has 0 radical (unpaired) electrons. The first-order chi connectivity index (χ1) is 7.34. The molecule has 0 amide bonds. The molecule has 1 atom stereocenters.